The van der Waals surface area contributed by atoms with Crippen LogP contribution in [-0.2, 0) is 40.0 Å². The van der Waals surface area contributed by atoms with Gasteiger partial charge in [0.1, 0.15) is 17.6 Å². The molecule has 1 aromatic heterocycles. The van der Waals surface area contributed by atoms with E-state index in [1.54, 1.807) is 30.3 Å². The van der Waals surface area contributed by atoms with Crippen LogP contribution in [0.4, 0.5) is 9.18 Å². The van der Waals surface area contributed by atoms with Gasteiger partial charge < -0.3 is 36.5 Å². The molecule has 51 heavy (non-hydrogen) atoms. The van der Waals surface area contributed by atoms with Gasteiger partial charge >= 0.3 is 6.09 Å². The van der Waals surface area contributed by atoms with Gasteiger partial charge in [0.15, 0.2) is 5.72 Å². The Balaban J connectivity index is 1.46. The predicted molar refractivity (Wildman–Crippen MR) is 199 cm³/mol. The smallest absolute Gasteiger partial charge is 0.409 e. The topological polar surface area (TPSA) is 159 Å². The molecule has 10 nitrogen and oxygen atoms in total. The van der Waals surface area contributed by atoms with Gasteiger partial charge in [-0.2, -0.15) is 0 Å². The summed E-state index contributed by atoms with van der Waals surface area (Å²) in [7, 11) is 0. The second-order valence-corrected chi connectivity index (χ2v) is 14.3. The fourth-order valence-electron chi connectivity index (χ4n) is 6.34. The number of fused-ring (bicyclic) bond motifs is 3. The predicted octanol–water partition coefficient (Wildman–Crippen LogP) is 6.41. The third-order valence-electron chi connectivity index (χ3n) is 9.31. The molecule has 0 radical (unpaired) electrons. The Bertz CT molecular complexity index is 1940. The zero-order valence-electron chi connectivity index (χ0n) is 28.2. The first-order chi connectivity index (χ1) is 24.3. The number of aromatic nitrogens is 1. The largest absolute Gasteiger partial charge is 0.508 e. The number of hydrogen-bond acceptors (Lipinski definition) is 6. The summed E-state index contributed by atoms with van der Waals surface area (Å²) in [4.78, 5) is 44.6. The van der Waals surface area contributed by atoms with Gasteiger partial charge in [0, 0.05) is 28.9 Å². The molecule has 1 aliphatic rings. The number of carbonyl (C=O) groups is 3. The van der Waals surface area contributed by atoms with Crippen LogP contribution in [0.3, 0.4) is 0 Å². The maximum atomic E-state index is 14.4. The number of rotatable bonds is 13. The molecule has 4 aromatic rings. The van der Waals surface area contributed by atoms with E-state index in [1.807, 2.05) is 13.8 Å². The highest BCUT2D eigenvalue weighted by atomic mass is 35.5. The highest BCUT2D eigenvalue weighted by Gasteiger charge is 2.43. The SMILES string of the molecule is CCC(C)[C@H](NC(=O)O[C@]1(NC(=O)[C@H](CCc2ccc(O)cc2)NC(=O)Cc2ccccc2F)CCc2[nH]c3c(Cl)cc(Cl)cc3c2C1)C(N)=S. The molecule has 1 unspecified atom stereocenters. The summed E-state index contributed by atoms with van der Waals surface area (Å²) in [6.07, 6.45) is 0.628. The van der Waals surface area contributed by atoms with Crippen molar-refractivity contribution in [3.63, 3.8) is 0 Å². The second kappa shape index (κ2) is 16.3. The zero-order valence-corrected chi connectivity index (χ0v) is 30.5. The van der Waals surface area contributed by atoms with Gasteiger partial charge in [-0.25, -0.2) is 9.18 Å². The third-order valence-corrected chi connectivity index (χ3v) is 10.1. The van der Waals surface area contributed by atoms with E-state index in [9.17, 15) is 23.9 Å². The Morgan fingerprint density at radius 2 is 1.84 bits per heavy atom. The Morgan fingerprint density at radius 3 is 2.53 bits per heavy atom. The average Bonchev–Trinajstić information content (AvgIpc) is 3.44. The van der Waals surface area contributed by atoms with Crippen molar-refractivity contribution in [2.45, 2.75) is 76.6 Å². The highest BCUT2D eigenvalue weighted by Crippen LogP contribution is 2.38. The van der Waals surface area contributed by atoms with Crippen molar-refractivity contribution in [2.24, 2.45) is 11.7 Å². The van der Waals surface area contributed by atoms with Crippen LogP contribution in [0.2, 0.25) is 10.0 Å². The van der Waals surface area contributed by atoms with Crippen LogP contribution in [0.1, 0.15) is 55.5 Å². The molecule has 1 aliphatic carbocycles. The Morgan fingerprint density at radius 1 is 1.12 bits per heavy atom. The van der Waals surface area contributed by atoms with Crippen LogP contribution in [-0.4, -0.2) is 50.8 Å². The summed E-state index contributed by atoms with van der Waals surface area (Å²) in [5.41, 5.74) is 7.64. The van der Waals surface area contributed by atoms with Gasteiger partial charge in [0.05, 0.1) is 28.0 Å². The number of aromatic amines is 1. The van der Waals surface area contributed by atoms with Crippen LogP contribution < -0.4 is 21.7 Å². The fraction of sp³-hybridized carbons (Fsp3) is 0.351. The molecular formula is C37H40Cl2FN5O5S. The molecule has 0 aliphatic heterocycles. The van der Waals surface area contributed by atoms with E-state index in [1.165, 1.54) is 30.3 Å². The average molecular weight is 757 g/mol. The molecule has 5 rings (SSSR count). The number of alkyl carbamates (subject to hydrolysis) is 1. The molecule has 0 fully saturated rings. The minimum Gasteiger partial charge on any atom is -0.508 e. The van der Waals surface area contributed by atoms with Gasteiger partial charge in [-0.3, -0.25) is 9.59 Å². The van der Waals surface area contributed by atoms with Crippen LogP contribution >= 0.6 is 35.4 Å². The van der Waals surface area contributed by atoms with E-state index < -0.39 is 41.5 Å². The molecule has 3 amide bonds. The number of ether oxygens (including phenoxy) is 1. The monoisotopic (exact) mass is 755 g/mol. The van der Waals surface area contributed by atoms with Gasteiger partial charge in [0.2, 0.25) is 11.8 Å². The van der Waals surface area contributed by atoms with Crippen molar-refractivity contribution in [2.75, 3.05) is 0 Å². The number of thiocarbonyl (C=S) groups is 1. The Labute approximate surface area is 310 Å². The molecule has 0 saturated carbocycles. The number of carbonyl (C=O) groups excluding carboxylic acids is 3. The minimum absolute atomic E-state index is 0.0487. The normalized spacial score (nSPS) is 17.1. The Hall–Kier alpha value is -4.39. The molecular weight excluding hydrogens is 716 g/mol. The van der Waals surface area contributed by atoms with Crippen molar-refractivity contribution >= 4 is 69.2 Å². The van der Waals surface area contributed by atoms with Gasteiger partial charge in [-0.05, 0) is 72.2 Å². The number of phenols is 1. The van der Waals surface area contributed by atoms with Crippen molar-refractivity contribution in [1.29, 1.82) is 0 Å². The lowest BCUT2D eigenvalue weighted by molar-refractivity contribution is -0.135. The number of halogens is 3. The number of benzene rings is 3. The standard InChI is InChI=1S/C37H40Cl2FN5O5S/c1-3-20(2)32(34(41)51)44-36(49)50-37(15-14-29-26(19-37)25-17-23(38)18-27(39)33(25)43-29)45-35(48)30(13-10-21-8-11-24(46)12-9-21)42-31(47)16-22-6-4-5-7-28(22)40/h4-9,11-12,17-18,20,30,32,43,46H,3,10,13-16,19H2,1-2H3,(H2,41,51)(H,42,47)(H,44,49)(H,45,48)/t20?,30-,32-,37+/m0/s1. The zero-order chi connectivity index (χ0) is 36.9. The minimum atomic E-state index is -1.58. The number of nitrogens with two attached hydrogens (primary N) is 1. The lowest BCUT2D eigenvalue weighted by atomic mass is 9.87. The summed E-state index contributed by atoms with van der Waals surface area (Å²) < 4.78 is 20.6. The summed E-state index contributed by atoms with van der Waals surface area (Å²) in [5.74, 6) is -1.73. The molecule has 7 N–H and O–H groups in total. The number of amides is 3. The van der Waals surface area contributed by atoms with E-state index in [4.69, 9.17) is 45.9 Å². The van der Waals surface area contributed by atoms with E-state index in [-0.39, 0.29) is 47.9 Å². The quantitative estimate of drug-likeness (QED) is 0.0680. The number of phenolic OH excluding ortho intramolecular Hbond substituents is 1. The van der Waals surface area contributed by atoms with Gasteiger partial charge in [0.25, 0.3) is 0 Å². The van der Waals surface area contributed by atoms with Crippen LogP contribution in [0.15, 0.2) is 60.7 Å². The van der Waals surface area contributed by atoms with Gasteiger partial charge in [-0.15, -0.1) is 0 Å². The van der Waals surface area contributed by atoms with Gasteiger partial charge in [-0.1, -0.05) is 86.0 Å². The van der Waals surface area contributed by atoms with Crippen LogP contribution in [0, 0.1) is 11.7 Å². The van der Waals surface area contributed by atoms with Crippen LogP contribution in [0.25, 0.3) is 10.9 Å². The Kier molecular flexibility index (Phi) is 12.1. The first kappa shape index (κ1) is 37.9. The lowest BCUT2D eigenvalue weighted by Gasteiger charge is -2.39. The molecule has 14 heteroatoms. The van der Waals surface area contributed by atoms with E-state index in [0.29, 0.717) is 40.2 Å². The number of aryl methyl sites for hydroxylation is 2. The molecule has 4 atom stereocenters. The van der Waals surface area contributed by atoms with Crippen molar-refractivity contribution in [1.82, 2.24) is 20.9 Å². The third kappa shape index (κ3) is 9.29. The molecule has 0 bridgehead atoms. The lowest BCUT2D eigenvalue weighted by Crippen LogP contribution is -2.61. The van der Waals surface area contributed by atoms with E-state index in [2.05, 4.69) is 20.9 Å². The summed E-state index contributed by atoms with van der Waals surface area (Å²) in [6.45, 7) is 3.84. The summed E-state index contributed by atoms with van der Waals surface area (Å²) in [6, 6.07) is 14.0. The summed E-state index contributed by atoms with van der Waals surface area (Å²) in [5, 5.41) is 19.8. The highest BCUT2D eigenvalue weighted by molar-refractivity contribution is 7.80. The van der Waals surface area contributed by atoms with Crippen molar-refractivity contribution in [3.8, 4) is 5.75 Å². The molecule has 0 saturated heterocycles. The first-order valence-electron chi connectivity index (χ1n) is 16.7. The number of H-pyrrole nitrogens is 1. The fourth-order valence-corrected chi connectivity index (χ4v) is 7.17. The second-order valence-electron chi connectivity index (χ2n) is 12.9. The molecule has 1 heterocycles. The number of nitrogens with one attached hydrogen (secondary N) is 4. The van der Waals surface area contributed by atoms with Crippen molar-refractivity contribution < 1.29 is 28.6 Å². The maximum absolute atomic E-state index is 14.4. The van der Waals surface area contributed by atoms with E-state index >= 15 is 0 Å². The molecule has 0 spiro atoms. The van der Waals surface area contributed by atoms with Crippen LogP contribution in [0.5, 0.6) is 5.75 Å². The maximum Gasteiger partial charge on any atom is 0.409 e. The number of hydrogen-bond donors (Lipinski definition) is 6. The van der Waals surface area contributed by atoms with Crippen molar-refractivity contribution in [3.05, 3.63) is 98.9 Å². The molecule has 270 valence electrons. The first-order valence-corrected chi connectivity index (χ1v) is 17.8. The summed E-state index contributed by atoms with van der Waals surface area (Å²) >= 11 is 18.1. The van der Waals surface area contributed by atoms with E-state index in [0.717, 1.165) is 16.8 Å². The molecule has 3 aromatic carbocycles. The number of aromatic hydroxyl groups is 1.